The van der Waals surface area contributed by atoms with Gasteiger partial charge in [-0.3, -0.25) is 4.79 Å². The summed E-state index contributed by atoms with van der Waals surface area (Å²) in [6, 6.07) is 7.97. The summed E-state index contributed by atoms with van der Waals surface area (Å²) in [4.78, 5) is 12.1. The molecule has 0 aliphatic heterocycles. The average molecular weight is 362 g/mol. The minimum atomic E-state index is 0.0374. The van der Waals surface area contributed by atoms with E-state index in [4.69, 9.17) is 4.74 Å². The van der Waals surface area contributed by atoms with Crippen LogP contribution in [0.2, 0.25) is 0 Å². The second-order valence-corrected chi connectivity index (χ2v) is 6.59. The summed E-state index contributed by atoms with van der Waals surface area (Å²) in [5.41, 5.74) is 0.975. The van der Waals surface area contributed by atoms with Gasteiger partial charge in [0, 0.05) is 18.2 Å². The van der Waals surface area contributed by atoms with Crippen molar-refractivity contribution in [2.24, 2.45) is 0 Å². The number of rotatable bonds is 9. The molecular formula is C18H26N4O2S. The zero-order valence-electron chi connectivity index (χ0n) is 15.3. The predicted molar refractivity (Wildman–Crippen MR) is 101 cm³/mol. The second-order valence-electron chi connectivity index (χ2n) is 5.65. The summed E-state index contributed by atoms with van der Waals surface area (Å²) in [6.45, 7) is 6.95. The van der Waals surface area contributed by atoms with Crippen LogP contribution in [-0.4, -0.2) is 39.6 Å². The molecule has 0 radical (unpaired) electrons. The van der Waals surface area contributed by atoms with Gasteiger partial charge in [-0.15, -0.1) is 10.2 Å². The number of thioether (sulfide) groups is 1. The molecule has 25 heavy (non-hydrogen) atoms. The van der Waals surface area contributed by atoms with Crippen LogP contribution in [0.5, 0.6) is 5.75 Å². The molecule has 1 amide bonds. The molecule has 0 bridgehead atoms. The van der Waals surface area contributed by atoms with Crippen LogP contribution < -0.4 is 10.1 Å². The molecule has 1 aromatic heterocycles. The van der Waals surface area contributed by atoms with Crippen molar-refractivity contribution in [3.63, 3.8) is 0 Å². The normalized spacial score (nSPS) is 10.9. The van der Waals surface area contributed by atoms with Gasteiger partial charge in [0.15, 0.2) is 11.0 Å². The second kappa shape index (κ2) is 9.46. The molecule has 0 aliphatic rings. The Bertz CT molecular complexity index is 681. The maximum Gasteiger partial charge on any atom is 0.230 e. The summed E-state index contributed by atoms with van der Waals surface area (Å²) >= 11 is 1.42. The minimum absolute atomic E-state index is 0.0374. The number of amides is 1. The lowest BCUT2D eigenvalue weighted by Crippen LogP contribution is -2.35. The lowest BCUT2D eigenvalue weighted by atomic mass is 10.2. The van der Waals surface area contributed by atoms with Gasteiger partial charge < -0.3 is 14.6 Å². The van der Waals surface area contributed by atoms with Gasteiger partial charge in [0.1, 0.15) is 5.75 Å². The SMILES string of the molecule is CCC(CC)NC(=O)CSc1nnc(-c2ccc(OC)cc2)n1CC. The topological polar surface area (TPSA) is 69.0 Å². The van der Waals surface area contributed by atoms with Gasteiger partial charge in [0.05, 0.1) is 12.9 Å². The third-order valence-electron chi connectivity index (χ3n) is 4.06. The number of hydrogen-bond donors (Lipinski definition) is 1. The number of benzene rings is 1. The molecule has 2 rings (SSSR count). The molecular weight excluding hydrogens is 336 g/mol. The first kappa shape index (κ1) is 19.3. The van der Waals surface area contributed by atoms with Gasteiger partial charge in [0.25, 0.3) is 0 Å². The number of ether oxygens (including phenoxy) is 1. The molecule has 2 aromatic rings. The Morgan fingerprint density at radius 1 is 1.20 bits per heavy atom. The van der Waals surface area contributed by atoms with Crippen molar-refractivity contribution in [2.45, 2.75) is 51.4 Å². The number of nitrogens with one attached hydrogen (secondary N) is 1. The number of carbonyl (C=O) groups is 1. The third-order valence-corrected chi connectivity index (χ3v) is 5.03. The molecule has 0 saturated carbocycles. The Kier molecular flexibility index (Phi) is 7.31. The molecule has 0 saturated heterocycles. The van der Waals surface area contributed by atoms with Crippen molar-refractivity contribution in [3.8, 4) is 17.1 Å². The van der Waals surface area contributed by atoms with E-state index >= 15 is 0 Å². The van der Waals surface area contributed by atoms with Crippen molar-refractivity contribution in [1.29, 1.82) is 0 Å². The van der Waals surface area contributed by atoms with Crippen LogP contribution in [0.15, 0.2) is 29.4 Å². The highest BCUT2D eigenvalue weighted by Gasteiger charge is 2.15. The van der Waals surface area contributed by atoms with Crippen molar-refractivity contribution in [2.75, 3.05) is 12.9 Å². The molecule has 6 nitrogen and oxygen atoms in total. The Hall–Kier alpha value is -2.02. The van der Waals surface area contributed by atoms with Crippen LogP contribution in [0.3, 0.4) is 0 Å². The maximum atomic E-state index is 12.1. The van der Waals surface area contributed by atoms with Gasteiger partial charge in [-0.05, 0) is 44.0 Å². The van der Waals surface area contributed by atoms with Gasteiger partial charge in [-0.25, -0.2) is 0 Å². The number of hydrogen-bond acceptors (Lipinski definition) is 5. The molecule has 0 unspecified atom stereocenters. The van der Waals surface area contributed by atoms with E-state index in [9.17, 15) is 4.79 Å². The van der Waals surface area contributed by atoms with Crippen molar-refractivity contribution >= 4 is 17.7 Å². The smallest absolute Gasteiger partial charge is 0.230 e. The standard InChI is InChI=1S/C18H26N4O2S/c1-5-14(6-2)19-16(23)12-25-18-21-20-17(22(18)7-3)13-8-10-15(24-4)11-9-13/h8-11,14H,5-7,12H2,1-4H3,(H,19,23). The number of nitrogens with zero attached hydrogens (tertiary/aromatic N) is 3. The van der Waals surface area contributed by atoms with Crippen molar-refractivity contribution in [3.05, 3.63) is 24.3 Å². The van der Waals surface area contributed by atoms with E-state index in [-0.39, 0.29) is 11.9 Å². The largest absolute Gasteiger partial charge is 0.497 e. The van der Waals surface area contributed by atoms with Gasteiger partial charge in [-0.2, -0.15) is 0 Å². The molecule has 0 atom stereocenters. The fraction of sp³-hybridized carbons (Fsp3) is 0.500. The molecule has 7 heteroatoms. The first-order valence-electron chi connectivity index (χ1n) is 8.62. The predicted octanol–water partition coefficient (Wildman–Crippen LogP) is 3.37. The van der Waals surface area contributed by atoms with Crippen LogP contribution in [0.25, 0.3) is 11.4 Å². The fourth-order valence-electron chi connectivity index (χ4n) is 2.53. The molecule has 0 spiro atoms. The highest BCUT2D eigenvalue weighted by molar-refractivity contribution is 7.99. The molecule has 1 N–H and O–H groups in total. The Morgan fingerprint density at radius 3 is 2.44 bits per heavy atom. The maximum absolute atomic E-state index is 12.1. The Morgan fingerprint density at radius 2 is 1.88 bits per heavy atom. The van der Waals surface area contributed by atoms with E-state index in [1.165, 1.54) is 11.8 Å². The first-order valence-corrected chi connectivity index (χ1v) is 9.61. The van der Waals surface area contributed by atoms with Crippen LogP contribution in [0.4, 0.5) is 0 Å². The number of carbonyl (C=O) groups excluding carboxylic acids is 1. The van der Waals surface area contributed by atoms with E-state index in [0.717, 1.165) is 41.7 Å². The molecule has 0 fully saturated rings. The van der Waals surface area contributed by atoms with Crippen molar-refractivity contribution < 1.29 is 9.53 Å². The van der Waals surface area contributed by atoms with Gasteiger partial charge in [-0.1, -0.05) is 25.6 Å². The monoisotopic (exact) mass is 362 g/mol. The van der Waals surface area contributed by atoms with Crippen LogP contribution in [-0.2, 0) is 11.3 Å². The fourth-order valence-corrected chi connectivity index (χ4v) is 3.34. The van der Waals surface area contributed by atoms with Crippen LogP contribution in [0, 0.1) is 0 Å². The van der Waals surface area contributed by atoms with E-state index in [1.807, 2.05) is 35.8 Å². The summed E-state index contributed by atoms with van der Waals surface area (Å²) in [5.74, 6) is 1.99. The molecule has 1 aromatic carbocycles. The van der Waals surface area contributed by atoms with E-state index in [2.05, 4.69) is 29.4 Å². The summed E-state index contributed by atoms with van der Waals surface area (Å²) in [7, 11) is 1.64. The number of methoxy groups -OCH3 is 1. The zero-order chi connectivity index (χ0) is 18.2. The lowest BCUT2D eigenvalue weighted by Gasteiger charge is -2.14. The molecule has 1 heterocycles. The van der Waals surface area contributed by atoms with Gasteiger partial charge in [0.2, 0.25) is 5.91 Å². The zero-order valence-corrected chi connectivity index (χ0v) is 16.1. The first-order chi connectivity index (χ1) is 12.1. The third kappa shape index (κ3) is 4.98. The highest BCUT2D eigenvalue weighted by Crippen LogP contribution is 2.25. The van der Waals surface area contributed by atoms with Gasteiger partial charge >= 0.3 is 0 Å². The quantitative estimate of drug-likeness (QED) is 0.693. The van der Waals surface area contributed by atoms with E-state index < -0.39 is 0 Å². The summed E-state index contributed by atoms with van der Waals surface area (Å²) in [6.07, 6.45) is 1.89. The Labute approximate surface area is 153 Å². The number of aromatic nitrogens is 3. The minimum Gasteiger partial charge on any atom is -0.497 e. The van der Waals surface area contributed by atoms with E-state index in [0.29, 0.717) is 5.75 Å². The van der Waals surface area contributed by atoms with E-state index in [1.54, 1.807) is 7.11 Å². The molecule has 0 aliphatic carbocycles. The lowest BCUT2D eigenvalue weighted by molar-refractivity contribution is -0.119. The molecule has 136 valence electrons. The summed E-state index contributed by atoms with van der Waals surface area (Å²) < 4.78 is 7.22. The highest BCUT2D eigenvalue weighted by atomic mass is 32.2. The average Bonchev–Trinajstić information content (AvgIpc) is 3.07. The van der Waals surface area contributed by atoms with Crippen LogP contribution in [0.1, 0.15) is 33.6 Å². The summed E-state index contributed by atoms with van der Waals surface area (Å²) in [5, 5.41) is 12.4. The van der Waals surface area contributed by atoms with Crippen LogP contribution >= 0.6 is 11.8 Å². The Balaban J connectivity index is 2.07. The van der Waals surface area contributed by atoms with Crippen molar-refractivity contribution in [1.82, 2.24) is 20.1 Å².